The second kappa shape index (κ2) is 6.49. The number of nitro benzene ring substituents is 1. The number of rotatable bonds is 5. The van der Waals surface area contributed by atoms with E-state index in [4.69, 9.17) is 0 Å². The van der Waals surface area contributed by atoms with Crippen molar-refractivity contribution in [2.45, 2.75) is 13.5 Å². The van der Waals surface area contributed by atoms with E-state index in [1.54, 1.807) is 36.1 Å². The van der Waals surface area contributed by atoms with Crippen molar-refractivity contribution in [3.05, 3.63) is 56.3 Å². The number of halogens is 1. The van der Waals surface area contributed by atoms with Gasteiger partial charge in [0, 0.05) is 29.9 Å². The van der Waals surface area contributed by atoms with Crippen molar-refractivity contribution in [2.75, 3.05) is 6.54 Å². The van der Waals surface area contributed by atoms with Crippen molar-refractivity contribution in [1.82, 2.24) is 15.1 Å². The van der Waals surface area contributed by atoms with Crippen LogP contribution in [0.4, 0.5) is 5.69 Å². The third-order valence-corrected chi connectivity index (χ3v) is 3.31. The summed E-state index contributed by atoms with van der Waals surface area (Å²) in [6.45, 7) is 2.54. The maximum Gasteiger partial charge on any atom is 0.273 e. The van der Waals surface area contributed by atoms with Gasteiger partial charge in [-0.2, -0.15) is 5.10 Å². The van der Waals surface area contributed by atoms with Crippen molar-refractivity contribution < 1.29 is 9.72 Å². The minimum atomic E-state index is -0.493. The smallest absolute Gasteiger partial charge is 0.273 e. The molecule has 0 bridgehead atoms. The summed E-state index contributed by atoms with van der Waals surface area (Å²) in [6.07, 6.45) is 3.45. The lowest BCUT2D eigenvalue weighted by molar-refractivity contribution is -0.385. The van der Waals surface area contributed by atoms with Gasteiger partial charge in [-0.15, -0.1) is 0 Å². The summed E-state index contributed by atoms with van der Waals surface area (Å²) >= 11 is 3.28. The molecule has 0 saturated heterocycles. The molecule has 0 spiro atoms. The first-order valence-electron chi connectivity index (χ1n) is 6.18. The van der Waals surface area contributed by atoms with Crippen LogP contribution >= 0.6 is 15.9 Å². The van der Waals surface area contributed by atoms with Gasteiger partial charge in [0.1, 0.15) is 0 Å². The summed E-state index contributed by atoms with van der Waals surface area (Å²) in [4.78, 5) is 22.3. The number of carbonyl (C=O) groups excluding carboxylic acids is 1. The van der Waals surface area contributed by atoms with E-state index in [0.717, 1.165) is 4.47 Å². The van der Waals surface area contributed by atoms with Gasteiger partial charge in [-0.25, -0.2) is 0 Å². The van der Waals surface area contributed by atoms with Crippen LogP contribution in [0.2, 0.25) is 0 Å². The summed E-state index contributed by atoms with van der Waals surface area (Å²) in [7, 11) is 0. The van der Waals surface area contributed by atoms with Crippen LogP contribution in [0.25, 0.3) is 0 Å². The molecule has 1 aromatic heterocycles. The molecule has 2 aromatic rings. The Hall–Kier alpha value is -2.22. The van der Waals surface area contributed by atoms with Gasteiger partial charge in [-0.3, -0.25) is 19.6 Å². The number of nitro groups is 1. The van der Waals surface area contributed by atoms with E-state index in [0.29, 0.717) is 18.7 Å². The number of hydrogen-bond acceptors (Lipinski definition) is 4. The quantitative estimate of drug-likeness (QED) is 0.660. The fourth-order valence-corrected chi connectivity index (χ4v) is 2.12. The van der Waals surface area contributed by atoms with Crippen molar-refractivity contribution in [1.29, 1.82) is 0 Å². The Morgan fingerprint density at radius 3 is 2.90 bits per heavy atom. The molecule has 0 fully saturated rings. The summed E-state index contributed by atoms with van der Waals surface area (Å²) in [6, 6.07) is 4.43. The largest absolute Gasteiger partial charge is 0.350 e. The number of aromatic nitrogens is 2. The number of carbonyl (C=O) groups is 1. The first-order valence-corrected chi connectivity index (χ1v) is 6.98. The lowest BCUT2D eigenvalue weighted by atomic mass is 10.1. The van der Waals surface area contributed by atoms with Crippen LogP contribution in [0.5, 0.6) is 0 Å². The summed E-state index contributed by atoms with van der Waals surface area (Å²) in [5.74, 6) is -0.343. The van der Waals surface area contributed by atoms with Crippen LogP contribution in [-0.2, 0) is 6.54 Å². The zero-order valence-electron chi connectivity index (χ0n) is 11.2. The van der Waals surface area contributed by atoms with Gasteiger partial charge >= 0.3 is 0 Å². The third-order valence-electron chi connectivity index (χ3n) is 2.90. The lowest BCUT2D eigenvalue weighted by Crippen LogP contribution is -2.27. The van der Waals surface area contributed by atoms with Crippen LogP contribution in [0, 0.1) is 17.0 Å². The Morgan fingerprint density at radius 1 is 1.52 bits per heavy atom. The summed E-state index contributed by atoms with van der Waals surface area (Å²) < 4.78 is 2.55. The molecule has 0 saturated carbocycles. The van der Waals surface area contributed by atoms with Gasteiger partial charge in [0.15, 0.2) is 0 Å². The first kappa shape index (κ1) is 15.2. The number of hydrogen-bond donors (Lipinski definition) is 1. The predicted octanol–water partition coefficient (Wildman–Crippen LogP) is 2.29. The standard InChI is InChI=1S/C13H13BrN4O3/c1-9-2-3-10(6-12(9)18(20)21)13(19)15-4-5-17-8-11(14)7-16-17/h2-3,6-8H,4-5H2,1H3,(H,15,19). The van der Waals surface area contributed by atoms with Crippen LogP contribution in [0.3, 0.4) is 0 Å². The second-order valence-corrected chi connectivity index (χ2v) is 5.35. The van der Waals surface area contributed by atoms with E-state index in [1.165, 1.54) is 6.07 Å². The first-order chi connectivity index (χ1) is 9.97. The predicted molar refractivity (Wildman–Crippen MR) is 80.1 cm³/mol. The molecule has 0 aliphatic heterocycles. The molecule has 1 heterocycles. The Kier molecular flexibility index (Phi) is 4.69. The van der Waals surface area contributed by atoms with Crippen LogP contribution in [-0.4, -0.2) is 27.2 Å². The van der Waals surface area contributed by atoms with Gasteiger partial charge in [0.05, 0.1) is 22.1 Å². The molecule has 0 aliphatic carbocycles. The van der Waals surface area contributed by atoms with Crippen LogP contribution in [0.15, 0.2) is 35.1 Å². The second-order valence-electron chi connectivity index (χ2n) is 4.44. The van der Waals surface area contributed by atoms with E-state index >= 15 is 0 Å². The van der Waals surface area contributed by atoms with Gasteiger partial charge in [0.25, 0.3) is 11.6 Å². The van der Waals surface area contributed by atoms with E-state index < -0.39 is 4.92 Å². The van der Waals surface area contributed by atoms with Crippen molar-refractivity contribution in [3.63, 3.8) is 0 Å². The average Bonchev–Trinajstić information content (AvgIpc) is 2.84. The number of nitrogens with zero attached hydrogens (tertiary/aromatic N) is 3. The molecule has 1 N–H and O–H groups in total. The molecule has 1 amide bonds. The van der Waals surface area contributed by atoms with Gasteiger partial charge in [-0.05, 0) is 28.9 Å². The molecule has 2 rings (SSSR count). The highest BCUT2D eigenvalue weighted by Crippen LogP contribution is 2.19. The van der Waals surface area contributed by atoms with E-state index in [-0.39, 0.29) is 17.2 Å². The molecular formula is C13H13BrN4O3. The Labute approximate surface area is 129 Å². The highest BCUT2D eigenvalue weighted by molar-refractivity contribution is 9.10. The number of amides is 1. The molecule has 0 atom stereocenters. The molecule has 8 heteroatoms. The Morgan fingerprint density at radius 2 is 2.29 bits per heavy atom. The molecule has 1 aromatic carbocycles. The molecule has 0 unspecified atom stereocenters. The van der Waals surface area contributed by atoms with Gasteiger partial charge in [-0.1, -0.05) is 6.07 Å². The molecular weight excluding hydrogens is 340 g/mol. The van der Waals surface area contributed by atoms with Crippen LogP contribution in [0.1, 0.15) is 15.9 Å². The number of nitrogens with one attached hydrogen (secondary N) is 1. The highest BCUT2D eigenvalue weighted by atomic mass is 79.9. The molecule has 7 nitrogen and oxygen atoms in total. The maximum atomic E-state index is 12.0. The summed E-state index contributed by atoms with van der Waals surface area (Å²) in [5, 5.41) is 17.6. The SMILES string of the molecule is Cc1ccc(C(=O)NCCn2cc(Br)cn2)cc1[N+](=O)[O-]. The lowest BCUT2D eigenvalue weighted by Gasteiger charge is -2.06. The maximum absolute atomic E-state index is 12.0. The molecule has 0 radical (unpaired) electrons. The van der Waals surface area contributed by atoms with Crippen LogP contribution < -0.4 is 5.32 Å². The minimum absolute atomic E-state index is 0.0568. The Balaban J connectivity index is 1.97. The van der Waals surface area contributed by atoms with Crippen molar-refractivity contribution in [3.8, 4) is 0 Å². The van der Waals surface area contributed by atoms with Gasteiger partial charge < -0.3 is 5.32 Å². The third kappa shape index (κ3) is 3.88. The fraction of sp³-hybridized carbons (Fsp3) is 0.231. The number of benzene rings is 1. The van der Waals surface area contributed by atoms with E-state index in [2.05, 4.69) is 26.3 Å². The topological polar surface area (TPSA) is 90.1 Å². The zero-order chi connectivity index (χ0) is 15.4. The van der Waals surface area contributed by atoms with E-state index in [1.807, 2.05) is 0 Å². The summed E-state index contributed by atoms with van der Waals surface area (Å²) in [5.41, 5.74) is 0.741. The normalized spacial score (nSPS) is 10.4. The van der Waals surface area contributed by atoms with E-state index in [9.17, 15) is 14.9 Å². The van der Waals surface area contributed by atoms with Gasteiger partial charge in [0.2, 0.25) is 0 Å². The fourth-order valence-electron chi connectivity index (χ4n) is 1.79. The average molecular weight is 353 g/mol. The zero-order valence-corrected chi connectivity index (χ0v) is 12.8. The molecule has 0 aliphatic rings. The highest BCUT2D eigenvalue weighted by Gasteiger charge is 2.14. The minimum Gasteiger partial charge on any atom is -0.350 e. The molecule has 21 heavy (non-hydrogen) atoms. The van der Waals surface area contributed by atoms with Crippen molar-refractivity contribution >= 4 is 27.5 Å². The van der Waals surface area contributed by atoms with Crippen molar-refractivity contribution in [2.24, 2.45) is 0 Å². The monoisotopic (exact) mass is 352 g/mol. The Bertz CT molecular complexity index is 684. The molecule has 110 valence electrons. The number of aryl methyl sites for hydroxylation is 1.